The molecular formula is C12H23N2O8P. The standard InChI is InChI=1S/C9H14N2O5.C3H9O3P/c1-15-6-8(16-5-4-12)11-3-2-7(13)10-9(11)14;1-5-7(3-4)6-2/h2-3,8,12H,4-6H2,1H3,(H,10,13,14);4H,3H2,1-2H3. The first-order valence-electron chi connectivity index (χ1n) is 6.53. The van der Waals surface area contributed by atoms with E-state index >= 15 is 0 Å². The zero-order valence-electron chi connectivity index (χ0n) is 13.3. The minimum Gasteiger partial charge on any atom is -0.394 e. The van der Waals surface area contributed by atoms with Gasteiger partial charge in [-0.15, -0.1) is 0 Å². The summed E-state index contributed by atoms with van der Waals surface area (Å²) >= 11 is 0. The van der Waals surface area contributed by atoms with Crippen LogP contribution in [0.4, 0.5) is 0 Å². The van der Waals surface area contributed by atoms with Gasteiger partial charge in [-0.25, -0.2) is 4.79 Å². The summed E-state index contributed by atoms with van der Waals surface area (Å²) in [5, 5.41) is 16.9. The van der Waals surface area contributed by atoms with Crippen molar-refractivity contribution >= 4 is 8.38 Å². The van der Waals surface area contributed by atoms with Crippen LogP contribution in [-0.2, 0) is 18.5 Å². The van der Waals surface area contributed by atoms with Gasteiger partial charge in [0.2, 0.25) is 0 Å². The highest BCUT2D eigenvalue weighted by Crippen LogP contribution is 2.33. The zero-order valence-corrected chi connectivity index (χ0v) is 14.2. The number of rotatable bonds is 9. The maximum Gasteiger partial charge on any atom is 0.330 e. The lowest BCUT2D eigenvalue weighted by atomic mass is 10.5. The minimum atomic E-state index is -0.998. The van der Waals surface area contributed by atoms with Crippen molar-refractivity contribution in [2.45, 2.75) is 6.23 Å². The summed E-state index contributed by atoms with van der Waals surface area (Å²) in [6.07, 6.45) is 0.631. The Morgan fingerprint density at radius 2 is 1.91 bits per heavy atom. The molecule has 0 aliphatic heterocycles. The molecule has 0 saturated heterocycles. The summed E-state index contributed by atoms with van der Waals surface area (Å²) in [5.41, 5.74) is -1.05. The molecule has 0 amide bonds. The molecule has 10 nitrogen and oxygen atoms in total. The number of hydrogen-bond donors (Lipinski definition) is 3. The Morgan fingerprint density at radius 3 is 2.30 bits per heavy atom. The van der Waals surface area contributed by atoms with Crippen LogP contribution < -0.4 is 11.2 Å². The number of aliphatic hydroxyl groups is 2. The molecular weight excluding hydrogens is 331 g/mol. The molecule has 1 aromatic rings. The molecule has 0 spiro atoms. The fourth-order valence-corrected chi connectivity index (χ4v) is 1.76. The predicted molar refractivity (Wildman–Crippen MR) is 83.3 cm³/mol. The van der Waals surface area contributed by atoms with E-state index in [0.29, 0.717) is 0 Å². The van der Waals surface area contributed by atoms with E-state index in [1.807, 2.05) is 0 Å². The Hall–Kier alpha value is -1.13. The van der Waals surface area contributed by atoms with Crippen LogP contribution in [0.15, 0.2) is 21.9 Å². The highest BCUT2D eigenvalue weighted by atomic mass is 31.2. The quantitative estimate of drug-likeness (QED) is 0.493. The number of ether oxygens (including phenoxy) is 2. The van der Waals surface area contributed by atoms with Crippen molar-refractivity contribution in [3.8, 4) is 0 Å². The second kappa shape index (κ2) is 13.3. The molecule has 0 radical (unpaired) electrons. The van der Waals surface area contributed by atoms with Gasteiger partial charge in [0.15, 0.2) is 14.6 Å². The summed E-state index contributed by atoms with van der Waals surface area (Å²) < 4.78 is 20.6. The zero-order chi connectivity index (χ0) is 17.7. The maximum absolute atomic E-state index is 11.4. The Labute approximate surface area is 134 Å². The summed E-state index contributed by atoms with van der Waals surface area (Å²) in [5.74, 6) is 0. The first kappa shape index (κ1) is 21.9. The Bertz CT molecular complexity index is 511. The Balaban J connectivity index is 0.000000585. The summed E-state index contributed by atoms with van der Waals surface area (Å²) in [4.78, 5) is 24.4. The van der Waals surface area contributed by atoms with Crippen molar-refractivity contribution in [1.82, 2.24) is 9.55 Å². The van der Waals surface area contributed by atoms with E-state index in [4.69, 9.17) is 19.7 Å². The third-order valence-corrected chi connectivity index (χ3v) is 3.44. The second-order valence-electron chi connectivity index (χ2n) is 3.86. The fraction of sp³-hybridized carbons (Fsp3) is 0.667. The van der Waals surface area contributed by atoms with Crippen LogP contribution in [0.5, 0.6) is 0 Å². The van der Waals surface area contributed by atoms with E-state index in [1.165, 1.54) is 38.2 Å². The lowest BCUT2D eigenvalue weighted by molar-refractivity contribution is -0.0590. The van der Waals surface area contributed by atoms with Crippen LogP contribution in [0.1, 0.15) is 6.23 Å². The molecule has 134 valence electrons. The van der Waals surface area contributed by atoms with E-state index in [1.54, 1.807) is 0 Å². The molecule has 11 heteroatoms. The molecule has 0 fully saturated rings. The normalized spacial score (nSPS) is 11.9. The Morgan fingerprint density at radius 1 is 1.26 bits per heavy atom. The minimum absolute atomic E-state index is 0.0255. The first-order valence-corrected chi connectivity index (χ1v) is 7.89. The number of aliphatic hydroxyl groups excluding tert-OH is 2. The van der Waals surface area contributed by atoms with Gasteiger partial charge in [0, 0.05) is 33.6 Å². The molecule has 1 aromatic heterocycles. The van der Waals surface area contributed by atoms with E-state index in [9.17, 15) is 9.59 Å². The molecule has 0 aromatic carbocycles. The SMILES string of the molecule is COCC(OCCO)n1ccc(=O)[nH]c1=O.COP(CO)OC. The predicted octanol–water partition coefficient (Wildman–Crippen LogP) is -0.769. The van der Waals surface area contributed by atoms with Crippen molar-refractivity contribution in [1.29, 1.82) is 0 Å². The summed E-state index contributed by atoms with van der Waals surface area (Å²) in [6.45, 7) is 0.0733. The molecule has 1 rings (SSSR count). The summed E-state index contributed by atoms with van der Waals surface area (Å²) in [7, 11) is 3.48. The van der Waals surface area contributed by atoms with Gasteiger partial charge >= 0.3 is 5.69 Å². The monoisotopic (exact) mass is 354 g/mol. The second-order valence-corrected chi connectivity index (χ2v) is 5.54. The van der Waals surface area contributed by atoms with Crippen molar-refractivity contribution in [2.75, 3.05) is 47.5 Å². The molecule has 0 bridgehead atoms. The van der Waals surface area contributed by atoms with Crippen molar-refractivity contribution in [2.24, 2.45) is 0 Å². The van der Waals surface area contributed by atoms with Gasteiger partial charge in [-0.2, -0.15) is 0 Å². The van der Waals surface area contributed by atoms with Crippen molar-refractivity contribution in [3.63, 3.8) is 0 Å². The lowest BCUT2D eigenvalue weighted by Gasteiger charge is -2.18. The molecule has 0 aliphatic rings. The van der Waals surface area contributed by atoms with Crippen LogP contribution in [0.25, 0.3) is 0 Å². The van der Waals surface area contributed by atoms with E-state index in [0.717, 1.165) is 0 Å². The van der Waals surface area contributed by atoms with Gasteiger partial charge in [-0.05, 0) is 0 Å². The molecule has 0 aliphatic carbocycles. The number of nitrogens with zero attached hydrogens (tertiary/aromatic N) is 1. The number of aromatic nitrogens is 2. The van der Waals surface area contributed by atoms with E-state index in [2.05, 4.69) is 14.0 Å². The molecule has 3 N–H and O–H groups in total. The van der Waals surface area contributed by atoms with Gasteiger partial charge in [0.1, 0.15) is 6.35 Å². The smallest absolute Gasteiger partial charge is 0.330 e. The number of aromatic amines is 1. The van der Waals surface area contributed by atoms with Gasteiger partial charge in [0.25, 0.3) is 5.56 Å². The average Bonchev–Trinajstić information content (AvgIpc) is 2.54. The third kappa shape index (κ3) is 8.92. The van der Waals surface area contributed by atoms with Gasteiger partial charge in [0.05, 0.1) is 19.8 Å². The van der Waals surface area contributed by atoms with Gasteiger partial charge < -0.3 is 28.7 Å². The number of H-pyrrole nitrogens is 1. The van der Waals surface area contributed by atoms with Crippen molar-refractivity contribution in [3.05, 3.63) is 33.1 Å². The fourth-order valence-electron chi connectivity index (χ4n) is 1.38. The largest absolute Gasteiger partial charge is 0.394 e. The van der Waals surface area contributed by atoms with Crippen LogP contribution in [0.3, 0.4) is 0 Å². The van der Waals surface area contributed by atoms with Crippen LogP contribution in [0.2, 0.25) is 0 Å². The number of methoxy groups -OCH3 is 1. The van der Waals surface area contributed by atoms with Gasteiger partial charge in [-0.1, -0.05) is 0 Å². The number of hydrogen-bond acceptors (Lipinski definition) is 8. The summed E-state index contributed by atoms with van der Waals surface area (Å²) in [6, 6.07) is 1.21. The molecule has 1 unspecified atom stereocenters. The first-order chi connectivity index (χ1) is 11.0. The Kier molecular flexibility index (Phi) is 12.7. The van der Waals surface area contributed by atoms with E-state index in [-0.39, 0.29) is 26.2 Å². The third-order valence-electron chi connectivity index (χ3n) is 2.39. The highest BCUT2D eigenvalue weighted by Gasteiger charge is 2.12. The molecule has 1 atom stereocenters. The highest BCUT2D eigenvalue weighted by molar-refractivity contribution is 7.46. The molecule has 23 heavy (non-hydrogen) atoms. The van der Waals surface area contributed by atoms with Crippen LogP contribution in [0, 0.1) is 0 Å². The van der Waals surface area contributed by atoms with Crippen LogP contribution in [-0.4, -0.2) is 67.3 Å². The molecule has 1 heterocycles. The molecule has 0 saturated carbocycles. The topological polar surface area (TPSA) is 132 Å². The maximum atomic E-state index is 11.4. The lowest BCUT2D eigenvalue weighted by Crippen LogP contribution is -2.34. The number of nitrogens with one attached hydrogen (secondary N) is 1. The average molecular weight is 354 g/mol. The van der Waals surface area contributed by atoms with Gasteiger partial charge in [-0.3, -0.25) is 14.3 Å². The van der Waals surface area contributed by atoms with Crippen LogP contribution >= 0.6 is 8.38 Å². The van der Waals surface area contributed by atoms with E-state index < -0.39 is 25.9 Å². The van der Waals surface area contributed by atoms with Crippen molar-refractivity contribution < 1.29 is 28.7 Å².